The van der Waals surface area contributed by atoms with Gasteiger partial charge in [0.15, 0.2) is 0 Å². The van der Waals surface area contributed by atoms with Gasteiger partial charge in [0.25, 0.3) is 5.91 Å². The lowest BCUT2D eigenvalue weighted by molar-refractivity contribution is -0.131. The Morgan fingerprint density at radius 1 is 1.21 bits per heavy atom. The van der Waals surface area contributed by atoms with E-state index in [-0.39, 0.29) is 24.5 Å². The molecule has 148 valence electrons. The number of anilines is 1. The molecule has 29 heavy (non-hydrogen) atoms. The molecule has 0 spiro atoms. The van der Waals surface area contributed by atoms with E-state index in [0.717, 1.165) is 22.0 Å². The van der Waals surface area contributed by atoms with Crippen molar-refractivity contribution in [3.8, 4) is 5.75 Å². The van der Waals surface area contributed by atoms with Gasteiger partial charge in [0.1, 0.15) is 23.8 Å². The van der Waals surface area contributed by atoms with Crippen LogP contribution in [0.4, 0.5) is 5.69 Å². The molecular weight excluding hydrogens is 386 g/mol. The standard InChI is InChI=1S/C22H21N3O3S/c1-15-14-28-20-7-3-2-6-17(20)24(15)13-22(26)25-18(21-9-5-11-29-21)12-16(23-25)19-8-4-10-27-19/h2-11,15,18H,12-14H2,1H3/t15-,18-/m1/s1. The van der Waals surface area contributed by atoms with E-state index >= 15 is 0 Å². The van der Waals surface area contributed by atoms with E-state index in [2.05, 4.69) is 23.0 Å². The Morgan fingerprint density at radius 2 is 2.10 bits per heavy atom. The fourth-order valence-corrected chi connectivity index (χ4v) is 4.66. The number of rotatable bonds is 4. The number of furan rings is 1. The number of ether oxygens (including phenoxy) is 1. The van der Waals surface area contributed by atoms with Gasteiger partial charge in [-0.1, -0.05) is 18.2 Å². The molecule has 4 heterocycles. The van der Waals surface area contributed by atoms with Crippen LogP contribution in [0.2, 0.25) is 0 Å². The topological polar surface area (TPSA) is 58.3 Å². The van der Waals surface area contributed by atoms with Crippen LogP contribution in [0.3, 0.4) is 0 Å². The Bertz CT molecular complexity index is 1030. The predicted octanol–water partition coefficient (Wildman–Crippen LogP) is 4.31. The molecule has 0 fully saturated rings. The van der Waals surface area contributed by atoms with Crippen molar-refractivity contribution < 1.29 is 13.9 Å². The number of nitrogens with zero attached hydrogens (tertiary/aromatic N) is 3. The largest absolute Gasteiger partial charge is 0.489 e. The molecule has 7 heteroatoms. The van der Waals surface area contributed by atoms with Crippen molar-refractivity contribution in [1.82, 2.24) is 5.01 Å². The maximum atomic E-state index is 13.4. The van der Waals surface area contributed by atoms with Crippen molar-refractivity contribution in [2.75, 3.05) is 18.1 Å². The molecule has 0 N–H and O–H groups in total. The molecule has 3 aromatic rings. The molecule has 0 saturated carbocycles. The van der Waals surface area contributed by atoms with Crippen LogP contribution in [0, 0.1) is 0 Å². The first kappa shape index (κ1) is 18.0. The summed E-state index contributed by atoms with van der Waals surface area (Å²) >= 11 is 1.64. The van der Waals surface area contributed by atoms with E-state index in [4.69, 9.17) is 9.15 Å². The number of hydrogen-bond donors (Lipinski definition) is 0. The second-order valence-electron chi connectivity index (χ2n) is 7.25. The number of carbonyl (C=O) groups excluding carboxylic acids is 1. The first-order valence-corrected chi connectivity index (χ1v) is 10.5. The summed E-state index contributed by atoms with van der Waals surface area (Å²) in [6, 6.07) is 15.6. The van der Waals surface area contributed by atoms with Gasteiger partial charge in [-0.3, -0.25) is 4.79 Å². The van der Waals surface area contributed by atoms with E-state index in [9.17, 15) is 4.79 Å². The Morgan fingerprint density at radius 3 is 2.90 bits per heavy atom. The fourth-order valence-electron chi connectivity index (χ4n) is 3.85. The first-order valence-electron chi connectivity index (χ1n) is 9.66. The summed E-state index contributed by atoms with van der Waals surface area (Å²) in [4.78, 5) is 16.6. The van der Waals surface area contributed by atoms with Crippen LogP contribution in [-0.4, -0.2) is 35.8 Å². The summed E-state index contributed by atoms with van der Waals surface area (Å²) in [5, 5.41) is 8.33. The van der Waals surface area contributed by atoms with E-state index in [1.807, 2.05) is 47.8 Å². The molecule has 0 saturated heterocycles. The highest BCUT2D eigenvalue weighted by molar-refractivity contribution is 7.10. The van der Waals surface area contributed by atoms with Gasteiger partial charge in [0.2, 0.25) is 0 Å². The molecule has 5 rings (SSSR count). The maximum absolute atomic E-state index is 13.4. The van der Waals surface area contributed by atoms with Crippen molar-refractivity contribution >= 4 is 28.6 Å². The molecular formula is C22H21N3O3S. The molecule has 0 unspecified atom stereocenters. The zero-order valence-corrected chi connectivity index (χ0v) is 16.8. The molecule has 6 nitrogen and oxygen atoms in total. The van der Waals surface area contributed by atoms with E-state index < -0.39 is 0 Å². The van der Waals surface area contributed by atoms with Gasteiger partial charge in [-0.15, -0.1) is 11.3 Å². The van der Waals surface area contributed by atoms with Gasteiger partial charge in [-0.25, -0.2) is 5.01 Å². The average Bonchev–Trinajstić information content (AvgIpc) is 3.49. The van der Waals surface area contributed by atoms with Crippen LogP contribution < -0.4 is 9.64 Å². The molecule has 2 aliphatic heterocycles. The van der Waals surface area contributed by atoms with Crippen molar-refractivity contribution in [3.05, 3.63) is 70.8 Å². The lowest BCUT2D eigenvalue weighted by Crippen LogP contribution is -2.46. The maximum Gasteiger partial charge on any atom is 0.262 e. The lowest BCUT2D eigenvalue weighted by Gasteiger charge is -2.37. The summed E-state index contributed by atoms with van der Waals surface area (Å²) in [5.41, 5.74) is 1.75. The number of hydrogen-bond acceptors (Lipinski definition) is 6. The van der Waals surface area contributed by atoms with Crippen LogP contribution in [0.25, 0.3) is 0 Å². The first-order chi connectivity index (χ1) is 14.2. The Labute approximate surface area is 173 Å². The summed E-state index contributed by atoms with van der Waals surface area (Å²) < 4.78 is 11.3. The van der Waals surface area contributed by atoms with E-state index in [1.165, 1.54) is 0 Å². The normalized spacial score (nSPS) is 20.9. The minimum absolute atomic E-state index is 0.0338. The average molecular weight is 407 g/mol. The van der Waals surface area contributed by atoms with Crippen LogP contribution in [-0.2, 0) is 4.79 Å². The third-order valence-electron chi connectivity index (χ3n) is 5.34. The molecule has 2 atom stereocenters. The van der Waals surface area contributed by atoms with Gasteiger partial charge in [0, 0.05) is 11.3 Å². The van der Waals surface area contributed by atoms with Gasteiger partial charge < -0.3 is 14.1 Å². The molecule has 2 aliphatic rings. The third kappa shape index (κ3) is 3.31. The van der Waals surface area contributed by atoms with Crippen LogP contribution >= 0.6 is 11.3 Å². The summed E-state index contributed by atoms with van der Waals surface area (Å²) in [6.07, 6.45) is 2.28. The Kier molecular flexibility index (Phi) is 4.60. The molecule has 2 aromatic heterocycles. The minimum Gasteiger partial charge on any atom is -0.489 e. The lowest BCUT2D eigenvalue weighted by atomic mass is 10.1. The number of para-hydroxylation sites is 2. The highest BCUT2D eigenvalue weighted by Gasteiger charge is 2.36. The van der Waals surface area contributed by atoms with Crippen molar-refractivity contribution in [1.29, 1.82) is 0 Å². The number of hydrazone groups is 1. The highest BCUT2D eigenvalue weighted by Crippen LogP contribution is 2.37. The summed E-state index contributed by atoms with van der Waals surface area (Å²) in [6.45, 7) is 2.87. The van der Waals surface area contributed by atoms with Crippen LogP contribution in [0.5, 0.6) is 5.75 Å². The molecule has 1 amide bonds. The third-order valence-corrected chi connectivity index (χ3v) is 6.31. The molecule has 0 aliphatic carbocycles. The summed E-state index contributed by atoms with van der Waals surface area (Å²) in [5.74, 6) is 1.50. The molecule has 0 radical (unpaired) electrons. The number of thiophene rings is 1. The van der Waals surface area contributed by atoms with E-state index in [0.29, 0.717) is 18.8 Å². The monoisotopic (exact) mass is 407 g/mol. The minimum atomic E-state index is -0.103. The summed E-state index contributed by atoms with van der Waals surface area (Å²) in [7, 11) is 0. The highest BCUT2D eigenvalue weighted by atomic mass is 32.1. The number of fused-ring (bicyclic) bond motifs is 1. The smallest absolute Gasteiger partial charge is 0.262 e. The van der Waals surface area contributed by atoms with Crippen LogP contribution in [0.1, 0.15) is 30.0 Å². The Hall–Kier alpha value is -3.06. The van der Waals surface area contributed by atoms with Gasteiger partial charge in [0.05, 0.1) is 30.6 Å². The van der Waals surface area contributed by atoms with Gasteiger partial charge in [-0.05, 0) is 42.6 Å². The molecule has 0 bridgehead atoms. The Balaban J connectivity index is 1.44. The van der Waals surface area contributed by atoms with Crippen molar-refractivity contribution in [3.63, 3.8) is 0 Å². The zero-order chi connectivity index (χ0) is 19.8. The van der Waals surface area contributed by atoms with E-state index in [1.54, 1.807) is 22.6 Å². The SMILES string of the molecule is C[C@@H]1COc2ccccc2N1CC(=O)N1N=C(c2ccco2)C[C@@H]1c1cccs1. The van der Waals surface area contributed by atoms with Crippen molar-refractivity contribution in [2.24, 2.45) is 5.10 Å². The van der Waals surface area contributed by atoms with Gasteiger partial charge in [-0.2, -0.15) is 5.10 Å². The fraction of sp³-hybridized carbons (Fsp3) is 0.273. The zero-order valence-electron chi connectivity index (χ0n) is 16.0. The number of carbonyl (C=O) groups is 1. The second kappa shape index (κ2) is 7.40. The van der Waals surface area contributed by atoms with Crippen LogP contribution in [0.15, 0.2) is 69.7 Å². The van der Waals surface area contributed by atoms with Gasteiger partial charge >= 0.3 is 0 Å². The number of benzene rings is 1. The second-order valence-corrected chi connectivity index (χ2v) is 8.23. The quantitative estimate of drug-likeness (QED) is 0.647. The molecule has 1 aromatic carbocycles. The number of amides is 1. The van der Waals surface area contributed by atoms with Crippen molar-refractivity contribution in [2.45, 2.75) is 25.4 Å². The predicted molar refractivity (Wildman–Crippen MR) is 113 cm³/mol.